The first-order valence-electron chi connectivity index (χ1n) is 22.1. The summed E-state index contributed by atoms with van der Waals surface area (Å²) in [5.74, 6) is -3.09. The van der Waals surface area contributed by atoms with Crippen molar-refractivity contribution in [2.45, 2.75) is 110 Å². The van der Waals surface area contributed by atoms with Crippen LogP contribution in [0.2, 0.25) is 0 Å². The summed E-state index contributed by atoms with van der Waals surface area (Å²) in [6.45, 7) is 13.0. The van der Waals surface area contributed by atoms with Crippen LogP contribution in [0.15, 0.2) is 83.6 Å². The summed E-state index contributed by atoms with van der Waals surface area (Å²) < 4.78 is 35.0. The molecule has 0 aromatic heterocycles. The summed E-state index contributed by atoms with van der Waals surface area (Å²) >= 11 is 0. The fourth-order valence-electron chi connectivity index (χ4n) is 9.10. The zero-order chi connectivity index (χ0) is 47.9. The Morgan fingerprint density at radius 2 is 1.48 bits per heavy atom. The largest absolute Gasteiger partial charge is 0.481 e. The van der Waals surface area contributed by atoms with Gasteiger partial charge in [-0.05, 0) is 74.8 Å². The maximum Gasteiger partial charge on any atom is 0.303 e. The van der Waals surface area contributed by atoms with Crippen LogP contribution in [0, 0.1) is 25.6 Å². The normalized spacial score (nSPS) is 19.9. The van der Waals surface area contributed by atoms with E-state index in [9.17, 15) is 47.6 Å². The molecular formula is C47H61N6O11S+. The molecule has 0 spiro atoms. The fourth-order valence-corrected chi connectivity index (χ4v) is 9.46. The molecule has 0 saturated carbocycles. The number of carboxylic acids is 1. The van der Waals surface area contributed by atoms with Crippen molar-refractivity contribution in [3.8, 4) is 0 Å². The van der Waals surface area contributed by atoms with Gasteiger partial charge in [0.1, 0.15) is 12.0 Å². The van der Waals surface area contributed by atoms with E-state index in [0.717, 1.165) is 53.2 Å². The molecule has 1 unspecified atom stereocenters. The van der Waals surface area contributed by atoms with Gasteiger partial charge in [0.15, 0.2) is 5.71 Å². The number of hydrogen-bond acceptors (Lipinski definition) is 10. The fraction of sp³-hybridized carbons (Fsp3) is 0.489. The van der Waals surface area contributed by atoms with Crippen LogP contribution in [-0.2, 0) is 35.3 Å². The summed E-state index contributed by atoms with van der Waals surface area (Å²) in [6, 6.07) is 9.66. The van der Waals surface area contributed by atoms with Crippen LogP contribution in [0.3, 0.4) is 0 Å². The number of rotatable bonds is 21. The predicted molar refractivity (Wildman–Crippen MR) is 248 cm³/mol. The van der Waals surface area contributed by atoms with Gasteiger partial charge in [-0.2, -0.15) is 13.0 Å². The van der Waals surface area contributed by atoms with Gasteiger partial charge in [-0.1, -0.05) is 58.8 Å². The van der Waals surface area contributed by atoms with Crippen LogP contribution in [0.1, 0.15) is 110 Å². The van der Waals surface area contributed by atoms with Crippen LogP contribution in [0.25, 0.3) is 0 Å². The van der Waals surface area contributed by atoms with E-state index in [1.165, 1.54) is 12.1 Å². The maximum atomic E-state index is 14.6. The Morgan fingerprint density at radius 3 is 2.09 bits per heavy atom. The molecule has 2 aliphatic heterocycles. The second-order valence-electron chi connectivity index (χ2n) is 18.0. The molecule has 0 saturated heterocycles. The molecule has 2 heterocycles. The number of unbranched alkanes of at least 4 members (excludes halogenated alkanes) is 3. The molecule has 1 atom stereocenters. The minimum atomic E-state index is -4.47. The number of carbonyl (C=O) groups is 3. The lowest BCUT2D eigenvalue weighted by molar-refractivity contribution is -0.437. The molecule has 0 radical (unpaired) electrons. The summed E-state index contributed by atoms with van der Waals surface area (Å²) in [5, 5.41) is 38.2. The summed E-state index contributed by atoms with van der Waals surface area (Å²) in [6.07, 6.45) is 13.0. The van der Waals surface area contributed by atoms with E-state index in [4.69, 9.17) is 5.11 Å². The minimum absolute atomic E-state index is 0.0275. The average molecular weight is 918 g/mol. The third-order valence-corrected chi connectivity index (χ3v) is 13.2. The summed E-state index contributed by atoms with van der Waals surface area (Å²) in [7, 11) is -4.47. The zero-order valence-electron chi connectivity index (χ0n) is 38.0. The maximum absolute atomic E-state index is 14.6. The van der Waals surface area contributed by atoms with E-state index in [2.05, 4.69) is 27.0 Å². The molecule has 5 rings (SSSR count). The van der Waals surface area contributed by atoms with Crippen LogP contribution in [0.5, 0.6) is 0 Å². The Balaban J connectivity index is 1.66. The summed E-state index contributed by atoms with van der Waals surface area (Å²) in [5.41, 5.74) is 2.83. The number of non-ortho nitro benzene ring substituents is 2. The quantitative estimate of drug-likeness (QED) is 0.0235. The monoisotopic (exact) mass is 917 g/mol. The molecule has 350 valence electrons. The lowest BCUT2D eigenvalue weighted by Gasteiger charge is -2.35. The van der Waals surface area contributed by atoms with E-state index in [1.807, 2.05) is 65.0 Å². The first-order chi connectivity index (χ1) is 30.6. The third-order valence-electron chi connectivity index (χ3n) is 12.5. The number of nitro benzene ring substituents is 2. The number of amides is 2. The highest BCUT2D eigenvalue weighted by atomic mass is 32.2. The number of carboxylic acid groups (broad SMARTS) is 1. The van der Waals surface area contributed by atoms with Crippen LogP contribution in [-0.4, -0.2) is 87.9 Å². The molecule has 0 bridgehead atoms. The second kappa shape index (κ2) is 20.4. The van der Waals surface area contributed by atoms with Gasteiger partial charge in [0, 0.05) is 91.2 Å². The van der Waals surface area contributed by atoms with Crippen molar-refractivity contribution in [3.63, 3.8) is 0 Å². The molecule has 2 amide bonds. The van der Waals surface area contributed by atoms with Crippen molar-refractivity contribution in [1.29, 1.82) is 0 Å². The number of benzene rings is 2. The smallest absolute Gasteiger partial charge is 0.303 e. The average Bonchev–Trinajstić information content (AvgIpc) is 3.58. The van der Waals surface area contributed by atoms with E-state index >= 15 is 0 Å². The molecule has 18 heteroatoms. The van der Waals surface area contributed by atoms with E-state index in [0.29, 0.717) is 43.5 Å². The molecule has 2 aromatic rings. The van der Waals surface area contributed by atoms with E-state index < -0.39 is 66.3 Å². The van der Waals surface area contributed by atoms with Crippen molar-refractivity contribution >= 4 is 56.4 Å². The Morgan fingerprint density at radius 1 is 0.831 bits per heavy atom. The standard InChI is InChI=1S/C47H60N6O11S/c1-7-9-25-51-39-19-17-35(53(60)61)29-37(39)46(5,6)41(51)21-15-33-27-32(14-20-40-45(3,4)36-28-34(52(58)59)16-18-38(36)50(40)24-8-2)30-47(31-33,44(57)49-23-26-65(62,63)64)43(56)48-22-12-10-11-13-42(54)55/h14-21,27-29H,7-13,22-26,30-31H2,1-6H3,(H3-,48,49,54,55,56,57,62,63,64)/p+1. The molecule has 17 nitrogen and oxygen atoms in total. The van der Waals surface area contributed by atoms with Gasteiger partial charge in [-0.25, -0.2) is 0 Å². The van der Waals surface area contributed by atoms with Gasteiger partial charge in [0.25, 0.3) is 21.5 Å². The van der Waals surface area contributed by atoms with Gasteiger partial charge in [0.2, 0.25) is 17.5 Å². The number of nitro groups is 2. The predicted octanol–water partition coefficient (Wildman–Crippen LogP) is 7.73. The number of fused-ring (bicyclic) bond motifs is 2. The highest BCUT2D eigenvalue weighted by Crippen LogP contribution is 2.50. The third kappa shape index (κ3) is 11.3. The highest BCUT2D eigenvalue weighted by molar-refractivity contribution is 7.85. The molecule has 4 N–H and O–H groups in total. The van der Waals surface area contributed by atoms with Crippen LogP contribution in [0.4, 0.5) is 22.7 Å². The van der Waals surface area contributed by atoms with Crippen LogP contribution < -0.4 is 15.5 Å². The van der Waals surface area contributed by atoms with Crippen LogP contribution >= 0.6 is 0 Å². The van der Waals surface area contributed by atoms with Gasteiger partial charge < -0.3 is 20.6 Å². The number of nitrogens with one attached hydrogen (secondary N) is 2. The number of anilines is 1. The van der Waals surface area contributed by atoms with Gasteiger partial charge in [0.05, 0.1) is 21.0 Å². The number of carbonyl (C=O) groups excluding carboxylic acids is 2. The topological polar surface area (TPSA) is 242 Å². The number of allylic oxidation sites excluding steroid dienone is 8. The van der Waals surface area contributed by atoms with Crippen molar-refractivity contribution in [2.24, 2.45) is 5.41 Å². The van der Waals surface area contributed by atoms with Gasteiger partial charge >= 0.3 is 5.97 Å². The Bertz CT molecular complexity index is 2500. The van der Waals surface area contributed by atoms with Crippen molar-refractivity contribution < 1.29 is 46.9 Å². The Hall–Kier alpha value is -6.01. The molecule has 2 aromatic carbocycles. The molecule has 3 aliphatic rings. The molecule has 1 aliphatic carbocycles. The SMILES string of the molecule is CCCCN1C(=CC=C2C=C(C=CC3=[N+](CCC)c4ccc([N+](=O)[O-])cc4C3(C)C)CC(C(=O)NCCCCCC(=O)O)(C(=O)NCCS(=O)(=O)O)C2)C(C)(C)c2cc([N+](=O)[O-])ccc21. The lowest BCUT2D eigenvalue weighted by Crippen LogP contribution is -2.53. The molecule has 0 fully saturated rings. The van der Waals surface area contributed by atoms with Gasteiger partial charge in [-0.3, -0.25) is 39.2 Å². The Kier molecular flexibility index (Phi) is 15.7. The first kappa shape index (κ1) is 50.0. The number of hydrogen-bond donors (Lipinski definition) is 4. The highest BCUT2D eigenvalue weighted by Gasteiger charge is 2.49. The Labute approximate surface area is 380 Å². The van der Waals surface area contributed by atoms with Gasteiger partial charge in [-0.15, -0.1) is 0 Å². The van der Waals surface area contributed by atoms with Crippen molar-refractivity contribution in [3.05, 3.63) is 115 Å². The van der Waals surface area contributed by atoms with Crippen molar-refractivity contribution in [1.82, 2.24) is 10.6 Å². The van der Waals surface area contributed by atoms with E-state index in [-0.39, 0.29) is 37.2 Å². The lowest BCUT2D eigenvalue weighted by atomic mass is 9.70. The minimum Gasteiger partial charge on any atom is -0.481 e. The molecule has 65 heavy (non-hydrogen) atoms. The zero-order valence-corrected chi connectivity index (χ0v) is 38.8. The second-order valence-corrected chi connectivity index (χ2v) is 19.6. The van der Waals surface area contributed by atoms with Crippen molar-refractivity contribution in [2.75, 3.05) is 36.8 Å². The number of aliphatic carboxylic acids is 1. The number of nitrogens with zero attached hydrogens (tertiary/aromatic N) is 4. The van der Waals surface area contributed by atoms with E-state index in [1.54, 1.807) is 24.3 Å². The first-order valence-corrected chi connectivity index (χ1v) is 23.7. The molecular weight excluding hydrogens is 857 g/mol. The summed E-state index contributed by atoms with van der Waals surface area (Å²) in [4.78, 5) is 65.2.